The maximum atomic E-state index is 2.68. The van der Waals surface area contributed by atoms with E-state index in [4.69, 9.17) is 0 Å². The highest BCUT2D eigenvalue weighted by Gasteiger charge is 2.61. The molecule has 0 unspecified atom stereocenters. The molecule has 1 heterocycles. The Hall–Kier alpha value is -5.31. The van der Waals surface area contributed by atoms with Gasteiger partial charge in [-0.25, -0.2) is 0 Å². The number of fused-ring (bicyclic) bond motifs is 6. The monoisotopic (exact) mass is 835 g/mol. The summed E-state index contributed by atoms with van der Waals surface area (Å²) in [5.41, 5.74) is 17.7. The van der Waals surface area contributed by atoms with Crippen LogP contribution in [0.1, 0.15) is 117 Å². The van der Waals surface area contributed by atoms with Gasteiger partial charge < -0.3 is 4.90 Å². The first-order chi connectivity index (χ1) is 30.7. The summed E-state index contributed by atoms with van der Waals surface area (Å²) in [6, 6.07) is 63.9. The molecule has 1 aliphatic heterocycles. The third-order valence-corrected chi connectivity index (χ3v) is 18.7. The van der Waals surface area contributed by atoms with Crippen molar-refractivity contribution in [1.29, 1.82) is 0 Å². The Balaban J connectivity index is 1.08. The molecule has 7 aromatic rings. The predicted molar refractivity (Wildman–Crippen MR) is 262 cm³/mol. The van der Waals surface area contributed by atoms with E-state index in [2.05, 4.69) is 196 Å². The molecule has 7 aromatic carbocycles. The SMILES string of the molecule is CC1(C)CCC(C)(C)c2cc(N(c3cccc(C4(c5ccccc5)c5ccccc5-c5ccccc54)c3)c3cccc4c3Sc3ccccc3C43C4CC5CC(C4)CC3C5)ccc21. The van der Waals surface area contributed by atoms with Gasteiger partial charge in [0.15, 0.2) is 0 Å². The Labute approximate surface area is 379 Å². The lowest BCUT2D eigenvalue weighted by atomic mass is 9.42. The van der Waals surface area contributed by atoms with E-state index in [1.165, 1.54) is 116 Å². The highest BCUT2D eigenvalue weighted by atomic mass is 32.2. The average molecular weight is 836 g/mol. The van der Waals surface area contributed by atoms with Crippen LogP contribution >= 0.6 is 11.8 Å². The molecule has 0 saturated heterocycles. The molecule has 0 atom stereocenters. The minimum Gasteiger partial charge on any atom is -0.309 e. The van der Waals surface area contributed by atoms with E-state index in [-0.39, 0.29) is 16.2 Å². The van der Waals surface area contributed by atoms with Crippen molar-refractivity contribution in [2.75, 3.05) is 4.90 Å². The summed E-state index contributed by atoms with van der Waals surface area (Å²) < 4.78 is 0. The molecule has 4 bridgehead atoms. The number of hydrogen-bond donors (Lipinski definition) is 0. The molecule has 0 aromatic heterocycles. The first-order valence-electron chi connectivity index (χ1n) is 23.9. The zero-order valence-electron chi connectivity index (χ0n) is 37.2. The standard InChI is InChI=1S/C61H57NS/c1-58(2)30-31-59(3,4)54-38-46(28-29-51(54)58)62(55-26-15-25-53-57(55)63-56-27-13-12-24-52(56)61(53)43-33-39-32-40(35-43)36-44(61)34-39)45-19-14-18-42(37-45)60(41-16-6-5-7-17-41)49-22-10-8-20-47(49)48-21-9-11-23-50(48)60/h5-29,37-40,43-44H,30-36H2,1-4H3. The second kappa shape index (κ2) is 13.6. The van der Waals surface area contributed by atoms with Crippen LogP contribution in [-0.2, 0) is 21.7 Å². The van der Waals surface area contributed by atoms with Gasteiger partial charge in [-0.05, 0) is 171 Å². The summed E-state index contributed by atoms with van der Waals surface area (Å²) in [5.74, 6) is 3.19. The van der Waals surface area contributed by atoms with Crippen molar-refractivity contribution >= 4 is 28.8 Å². The van der Waals surface area contributed by atoms with Gasteiger partial charge in [-0.15, -0.1) is 0 Å². The highest BCUT2D eigenvalue weighted by molar-refractivity contribution is 7.99. The summed E-state index contributed by atoms with van der Waals surface area (Å²) in [7, 11) is 0. The first kappa shape index (κ1) is 38.2. The van der Waals surface area contributed by atoms with Gasteiger partial charge in [0.05, 0.1) is 11.1 Å². The molecule has 14 rings (SSSR count). The van der Waals surface area contributed by atoms with Gasteiger partial charge in [-0.2, -0.15) is 0 Å². The fraction of sp³-hybridized carbons (Fsp3) is 0.311. The maximum absolute atomic E-state index is 2.68. The molecule has 4 saturated carbocycles. The smallest absolute Gasteiger partial charge is 0.0714 e. The van der Waals surface area contributed by atoms with Crippen LogP contribution in [0.25, 0.3) is 11.1 Å². The topological polar surface area (TPSA) is 3.24 Å². The van der Waals surface area contributed by atoms with Crippen molar-refractivity contribution in [1.82, 2.24) is 0 Å². The fourth-order valence-electron chi connectivity index (χ4n) is 14.8. The molecular formula is C61H57NS. The van der Waals surface area contributed by atoms with E-state index < -0.39 is 5.41 Å². The highest BCUT2D eigenvalue weighted by Crippen LogP contribution is 2.70. The van der Waals surface area contributed by atoms with E-state index >= 15 is 0 Å². The van der Waals surface area contributed by atoms with E-state index in [0.29, 0.717) is 11.8 Å². The Bertz CT molecular complexity index is 2900. The summed E-state index contributed by atoms with van der Waals surface area (Å²) in [6.07, 6.45) is 9.36. The Morgan fingerprint density at radius 3 is 1.70 bits per heavy atom. The van der Waals surface area contributed by atoms with Crippen molar-refractivity contribution in [3.63, 3.8) is 0 Å². The van der Waals surface area contributed by atoms with Crippen LogP contribution in [0.5, 0.6) is 0 Å². The Morgan fingerprint density at radius 1 is 0.444 bits per heavy atom. The van der Waals surface area contributed by atoms with Crippen LogP contribution in [0.4, 0.5) is 17.1 Å². The summed E-state index contributed by atoms with van der Waals surface area (Å²) >= 11 is 2.04. The normalized spacial score (nSPS) is 25.7. The van der Waals surface area contributed by atoms with Crippen LogP contribution < -0.4 is 4.90 Å². The average Bonchev–Trinajstić information content (AvgIpc) is 3.61. The molecule has 312 valence electrons. The molecule has 2 heteroatoms. The van der Waals surface area contributed by atoms with Crippen LogP contribution in [0.3, 0.4) is 0 Å². The molecule has 1 spiro atoms. The number of hydrogen-bond acceptors (Lipinski definition) is 2. The van der Waals surface area contributed by atoms with Crippen molar-refractivity contribution in [2.45, 2.75) is 104 Å². The first-order valence-corrected chi connectivity index (χ1v) is 24.7. The lowest BCUT2D eigenvalue weighted by Gasteiger charge is -2.63. The van der Waals surface area contributed by atoms with E-state index in [0.717, 1.165) is 11.8 Å². The molecule has 7 aliphatic rings. The van der Waals surface area contributed by atoms with Crippen LogP contribution in [0.2, 0.25) is 0 Å². The van der Waals surface area contributed by atoms with Gasteiger partial charge in [0.1, 0.15) is 0 Å². The molecule has 0 radical (unpaired) electrons. The number of nitrogens with zero attached hydrogens (tertiary/aromatic N) is 1. The lowest BCUT2D eigenvalue weighted by molar-refractivity contribution is -0.0443. The fourth-order valence-corrected chi connectivity index (χ4v) is 16.2. The van der Waals surface area contributed by atoms with Gasteiger partial charge in [0.2, 0.25) is 0 Å². The zero-order chi connectivity index (χ0) is 42.3. The third-order valence-electron chi connectivity index (χ3n) is 17.4. The van der Waals surface area contributed by atoms with Gasteiger partial charge in [0.25, 0.3) is 0 Å². The largest absolute Gasteiger partial charge is 0.309 e. The molecule has 4 fully saturated rings. The van der Waals surface area contributed by atoms with Gasteiger partial charge in [-0.3, -0.25) is 0 Å². The lowest BCUT2D eigenvalue weighted by Crippen LogP contribution is -2.57. The zero-order valence-corrected chi connectivity index (χ0v) is 38.0. The van der Waals surface area contributed by atoms with Crippen molar-refractivity contribution in [2.24, 2.45) is 23.7 Å². The van der Waals surface area contributed by atoms with Crippen molar-refractivity contribution < 1.29 is 0 Å². The van der Waals surface area contributed by atoms with Gasteiger partial charge >= 0.3 is 0 Å². The summed E-state index contributed by atoms with van der Waals surface area (Å²) in [6.45, 7) is 9.85. The minimum absolute atomic E-state index is 0.0601. The molecule has 63 heavy (non-hydrogen) atoms. The van der Waals surface area contributed by atoms with Crippen molar-refractivity contribution in [3.8, 4) is 11.1 Å². The quantitative estimate of drug-likeness (QED) is 0.170. The summed E-state index contributed by atoms with van der Waals surface area (Å²) in [5, 5.41) is 0. The minimum atomic E-state index is -0.480. The third kappa shape index (κ3) is 5.25. The van der Waals surface area contributed by atoms with Crippen molar-refractivity contribution in [3.05, 3.63) is 208 Å². The molecule has 0 amide bonds. The predicted octanol–water partition coefficient (Wildman–Crippen LogP) is 16.1. The second-order valence-electron chi connectivity index (χ2n) is 21.5. The Morgan fingerprint density at radius 2 is 1.00 bits per heavy atom. The van der Waals surface area contributed by atoms with Gasteiger partial charge in [-0.1, -0.05) is 167 Å². The van der Waals surface area contributed by atoms with E-state index in [1.54, 1.807) is 11.1 Å². The van der Waals surface area contributed by atoms with Crippen LogP contribution in [0.15, 0.2) is 174 Å². The number of benzene rings is 7. The maximum Gasteiger partial charge on any atom is 0.0714 e. The second-order valence-corrected chi connectivity index (χ2v) is 22.6. The molecule has 1 nitrogen and oxygen atoms in total. The van der Waals surface area contributed by atoms with Gasteiger partial charge in [0, 0.05) is 26.6 Å². The number of rotatable bonds is 5. The molecule has 6 aliphatic carbocycles. The Kier molecular flexibility index (Phi) is 8.24. The number of anilines is 3. The molecule has 0 N–H and O–H groups in total. The van der Waals surface area contributed by atoms with Crippen LogP contribution in [-0.4, -0.2) is 0 Å². The van der Waals surface area contributed by atoms with Crippen LogP contribution in [0, 0.1) is 23.7 Å². The summed E-state index contributed by atoms with van der Waals surface area (Å²) in [4.78, 5) is 5.60. The van der Waals surface area contributed by atoms with E-state index in [1.807, 2.05) is 11.8 Å². The van der Waals surface area contributed by atoms with E-state index in [9.17, 15) is 0 Å². The molecular weight excluding hydrogens is 779 g/mol.